The standard InChI is InChI=1S/C20H21FN2O5/c1-14(2)22(20(24)25)17-8-5-15(6-9-17)3-4-16-7-10-18(23(26)27)19(13-16)28-12-11-21/h3-10,13-14H,11-12H2,1-2H3,(H,24,25). The average Bonchev–Trinajstić information content (AvgIpc) is 2.65. The number of alkyl halides is 1. The highest BCUT2D eigenvalue weighted by molar-refractivity contribution is 5.87. The molecule has 8 heteroatoms. The maximum absolute atomic E-state index is 12.3. The Balaban J connectivity index is 2.21. The number of nitro benzene ring substituents is 1. The van der Waals surface area contributed by atoms with Crippen LogP contribution in [0.4, 0.5) is 20.6 Å². The molecule has 0 saturated carbocycles. The molecule has 28 heavy (non-hydrogen) atoms. The van der Waals surface area contributed by atoms with E-state index in [1.807, 2.05) is 0 Å². The van der Waals surface area contributed by atoms with Crippen LogP contribution in [0.5, 0.6) is 5.75 Å². The summed E-state index contributed by atoms with van der Waals surface area (Å²) in [5.74, 6) is 0.00850. The zero-order valence-corrected chi connectivity index (χ0v) is 15.5. The number of amides is 1. The molecular weight excluding hydrogens is 367 g/mol. The van der Waals surface area contributed by atoms with Gasteiger partial charge in [0.1, 0.15) is 13.3 Å². The third-order valence-electron chi connectivity index (χ3n) is 3.88. The van der Waals surface area contributed by atoms with E-state index < -0.39 is 17.7 Å². The van der Waals surface area contributed by atoms with Gasteiger partial charge in [0.15, 0.2) is 5.75 Å². The van der Waals surface area contributed by atoms with Crippen LogP contribution < -0.4 is 9.64 Å². The van der Waals surface area contributed by atoms with Crippen molar-refractivity contribution in [2.45, 2.75) is 19.9 Å². The fourth-order valence-electron chi connectivity index (χ4n) is 2.62. The van der Waals surface area contributed by atoms with E-state index in [2.05, 4.69) is 0 Å². The van der Waals surface area contributed by atoms with Crippen LogP contribution in [0, 0.1) is 10.1 Å². The quantitative estimate of drug-likeness (QED) is 0.390. The van der Waals surface area contributed by atoms with Gasteiger partial charge in [-0.3, -0.25) is 15.0 Å². The van der Waals surface area contributed by atoms with Gasteiger partial charge in [0.25, 0.3) is 0 Å². The number of hydrogen-bond acceptors (Lipinski definition) is 4. The second-order valence-corrected chi connectivity index (χ2v) is 6.19. The van der Waals surface area contributed by atoms with E-state index in [9.17, 15) is 24.4 Å². The Morgan fingerprint density at radius 3 is 2.36 bits per heavy atom. The lowest BCUT2D eigenvalue weighted by Crippen LogP contribution is -2.35. The molecule has 2 aromatic rings. The smallest absolute Gasteiger partial charge is 0.412 e. The summed E-state index contributed by atoms with van der Waals surface area (Å²) in [6.07, 6.45) is 2.49. The van der Waals surface area contributed by atoms with Gasteiger partial charge in [-0.15, -0.1) is 0 Å². The lowest BCUT2D eigenvalue weighted by atomic mass is 10.1. The zero-order valence-electron chi connectivity index (χ0n) is 15.5. The van der Waals surface area contributed by atoms with Gasteiger partial charge in [0.05, 0.1) is 4.92 Å². The highest BCUT2D eigenvalue weighted by Crippen LogP contribution is 2.29. The molecular formula is C20H21FN2O5. The Labute approximate surface area is 161 Å². The summed E-state index contributed by atoms with van der Waals surface area (Å²) in [6.45, 7) is 2.58. The number of carbonyl (C=O) groups is 1. The van der Waals surface area contributed by atoms with Crippen LogP contribution in [-0.4, -0.2) is 35.4 Å². The molecule has 148 valence electrons. The molecule has 2 rings (SSSR count). The minimum absolute atomic E-state index is 0.00850. The first-order valence-corrected chi connectivity index (χ1v) is 8.61. The van der Waals surface area contributed by atoms with Gasteiger partial charge < -0.3 is 9.84 Å². The molecule has 2 aromatic carbocycles. The third-order valence-corrected chi connectivity index (χ3v) is 3.88. The van der Waals surface area contributed by atoms with Crippen LogP contribution in [-0.2, 0) is 0 Å². The number of anilines is 1. The van der Waals surface area contributed by atoms with Gasteiger partial charge in [-0.1, -0.05) is 24.3 Å². The minimum Gasteiger partial charge on any atom is -0.484 e. The van der Waals surface area contributed by atoms with E-state index in [-0.39, 0.29) is 24.1 Å². The van der Waals surface area contributed by atoms with Crippen molar-refractivity contribution in [3.05, 3.63) is 63.7 Å². The number of halogens is 1. The molecule has 0 atom stereocenters. The lowest BCUT2D eigenvalue weighted by molar-refractivity contribution is -0.385. The fourth-order valence-corrected chi connectivity index (χ4v) is 2.62. The molecule has 0 aliphatic rings. The fraction of sp³-hybridized carbons (Fsp3) is 0.250. The highest BCUT2D eigenvalue weighted by atomic mass is 19.1. The number of benzene rings is 2. The minimum atomic E-state index is -1.02. The van der Waals surface area contributed by atoms with Crippen molar-refractivity contribution in [3.8, 4) is 5.75 Å². The summed E-state index contributed by atoms with van der Waals surface area (Å²) < 4.78 is 17.4. The van der Waals surface area contributed by atoms with Crippen molar-refractivity contribution in [3.63, 3.8) is 0 Å². The average molecular weight is 388 g/mol. The predicted octanol–water partition coefficient (Wildman–Crippen LogP) is 5.01. The molecule has 0 saturated heterocycles. The molecule has 1 N–H and O–H groups in total. The van der Waals surface area contributed by atoms with E-state index in [4.69, 9.17) is 4.74 Å². The molecule has 1 amide bonds. The maximum atomic E-state index is 12.3. The third kappa shape index (κ3) is 5.29. The van der Waals surface area contributed by atoms with Crippen LogP contribution in [0.15, 0.2) is 42.5 Å². The molecule has 0 aliphatic heterocycles. The van der Waals surface area contributed by atoms with Crippen molar-refractivity contribution >= 4 is 29.6 Å². The Kier molecular flexibility index (Phi) is 7.08. The number of hydrogen-bond donors (Lipinski definition) is 1. The Morgan fingerprint density at radius 2 is 1.82 bits per heavy atom. The van der Waals surface area contributed by atoms with E-state index in [1.165, 1.54) is 17.0 Å². The van der Waals surface area contributed by atoms with Crippen molar-refractivity contribution in [2.24, 2.45) is 0 Å². The SMILES string of the molecule is CC(C)N(C(=O)O)c1ccc(C=Cc2ccc([N+](=O)[O-])c(OCCF)c2)cc1. The van der Waals surface area contributed by atoms with Gasteiger partial charge in [0, 0.05) is 17.8 Å². The normalized spacial score (nSPS) is 11.0. The Morgan fingerprint density at radius 1 is 1.21 bits per heavy atom. The summed E-state index contributed by atoms with van der Waals surface area (Å²) >= 11 is 0. The summed E-state index contributed by atoms with van der Waals surface area (Å²) in [5, 5.41) is 20.3. The Bertz CT molecular complexity index is 865. The molecule has 0 aliphatic carbocycles. The molecule has 0 unspecified atom stereocenters. The topological polar surface area (TPSA) is 92.9 Å². The summed E-state index contributed by atoms with van der Waals surface area (Å²) in [6, 6.07) is 11.1. The largest absolute Gasteiger partial charge is 0.484 e. The van der Waals surface area contributed by atoms with Crippen molar-refractivity contribution in [1.82, 2.24) is 0 Å². The van der Waals surface area contributed by atoms with Gasteiger partial charge in [-0.25, -0.2) is 9.18 Å². The molecule has 0 aromatic heterocycles. The molecule has 0 fully saturated rings. The molecule has 0 bridgehead atoms. The number of rotatable bonds is 8. The van der Waals surface area contributed by atoms with Crippen LogP contribution in [0.1, 0.15) is 25.0 Å². The Hall–Kier alpha value is -3.42. The number of carboxylic acid groups (broad SMARTS) is 1. The first-order chi connectivity index (χ1) is 13.3. The zero-order chi connectivity index (χ0) is 20.7. The number of ether oxygens (including phenoxy) is 1. The van der Waals surface area contributed by atoms with Crippen molar-refractivity contribution < 1.29 is 24.0 Å². The second-order valence-electron chi connectivity index (χ2n) is 6.19. The molecule has 7 nitrogen and oxygen atoms in total. The van der Waals surface area contributed by atoms with Crippen LogP contribution in [0.25, 0.3) is 12.2 Å². The van der Waals surface area contributed by atoms with E-state index in [0.717, 1.165) is 5.56 Å². The van der Waals surface area contributed by atoms with Crippen LogP contribution in [0.2, 0.25) is 0 Å². The lowest BCUT2D eigenvalue weighted by Gasteiger charge is -2.23. The first-order valence-electron chi connectivity index (χ1n) is 8.61. The summed E-state index contributed by atoms with van der Waals surface area (Å²) in [5.41, 5.74) is 1.81. The highest BCUT2D eigenvalue weighted by Gasteiger charge is 2.17. The molecule has 0 radical (unpaired) electrons. The summed E-state index contributed by atoms with van der Waals surface area (Å²) in [4.78, 5) is 23.1. The van der Waals surface area contributed by atoms with Crippen LogP contribution in [0.3, 0.4) is 0 Å². The van der Waals surface area contributed by atoms with Gasteiger partial charge in [-0.2, -0.15) is 0 Å². The van der Waals surface area contributed by atoms with Crippen molar-refractivity contribution in [2.75, 3.05) is 18.2 Å². The molecule has 0 spiro atoms. The summed E-state index contributed by atoms with van der Waals surface area (Å²) in [7, 11) is 0. The van der Waals surface area contributed by atoms with Crippen LogP contribution >= 0.6 is 0 Å². The predicted molar refractivity (Wildman–Crippen MR) is 106 cm³/mol. The number of nitrogens with zero attached hydrogens (tertiary/aromatic N) is 2. The van der Waals surface area contributed by atoms with E-state index >= 15 is 0 Å². The molecule has 0 heterocycles. The van der Waals surface area contributed by atoms with Gasteiger partial charge in [0.2, 0.25) is 0 Å². The van der Waals surface area contributed by atoms with E-state index in [0.29, 0.717) is 11.3 Å². The van der Waals surface area contributed by atoms with E-state index in [1.54, 1.807) is 56.3 Å². The van der Waals surface area contributed by atoms with Gasteiger partial charge >= 0.3 is 11.8 Å². The maximum Gasteiger partial charge on any atom is 0.412 e. The monoisotopic (exact) mass is 388 g/mol. The number of nitro groups is 1. The second kappa shape index (κ2) is 9.50. The van der Waals surface area contributed by atoms with Crippen molar-refractivity contribution in [1.29, 1.82) is 0 Å². The van der Waals surface area contributed by atoms with Gasteiger partial charge in [-0.05, 0) is 49.2 Å². The first kappa shape index (κ1) is 20.9.